The van der Waals surface area contributed by atoms with E-state index in [9.17, 15) is 9.90 Å². The number of nitrogens with one attached hydrogen (secondary N) is 3. The van der Waals surface area contributed by atoms with Crippen molar-refractivity contribution in [1.29, 1.82) is 5.41 Å². The van der Waals surface area contributed by atoms with Crippen LogP contribution in [0.2, 0.25) is 5.02 Å². The maximum atomic E-state index is 12.8. The number of aromatic nitrogens is 3. The quantitative estimate of drug-likeness (QED) is 0.314. The highest BCUT2D eigenvalue weighted by molar-refractivity contribution is 6.31. The fraction of sp³-hybridized carbons (Fsp3) is 0.333. The zero-order valence-electron chi connectivity index (χ0n) is 16.6. The Bertz CT molecular complexity index is 1110. The molecule has 3 aromatic rings. The van der Waals surface area contributed by atoms with Gasteiger partial charge in [0.1, 0.15) is 16.9 Å². The number of nitrogens with two attached hydrogens (primary N) is 1. The van der Waals surface area contributed by atoms with Gasteiger partial charge in [-0.05, 0) is 37.8 Å². The minimum atomic E-state index is -0.372. The van der Waals surface area contributed by atoms with Crippen LogP contribution >= 0.6 is 11.6 Å². The van der Waals surface area contributed by atoms with Gasteiger partial charge in [-0.15, -0.1) is 0 Å². The highest BCUT2D eigenvalue weighted by atomic mass is 35.5. The summed E-state index contributed by atoms with van der Waals surface area (Å²) in [6.07, 6.45) is 5.80. The Kier molecular flexibility index (Phi) is 5.80. The van der Waals surface area contributed by atoms with Crippen molar-refractivity contribution in [3.05, 3.63) is 52.4 Å². The van der Waals surface area contributed by atoms with Gasteiger partial charge in [-0.2, -0.15) is 0 Å². The lowest BCUT2D eigenvalue weighted by Crippen LogP contribution is -2.73. The first kappa shape index (κ1) is 20.5. The molecule has 1 aromatic carbocycles. The van der Waals surface area contributed by atoms with Crippen molar-refractivity contribution >= 4 is 40.1 Å². The normalized spacial score (nSPS) is 19.0. The van der Waals surface area contributed by atoms with E-state index >= 15 is 0 Å². The van der Waals surface area contributed by atoms with Gasteiger partial charge >= 0.3 is 0 Å². The zero-order chi connectivity index (χ0) is 21.3. The summed E-state index contributed by atoms with van der Waals surface area (Å²) in [5.74, 6) is -0.257. The Morgan fingerprint density at radius 2 is 2.20 bits per heavy atom. The summed E-state index contributed by atoms with van der Waals surface area (Å²) in [5.41, 5.74) is 3.38. The Labute approximate surface area is 178 Å². The van der Waals surface area contributed by atoms with Crippen molar-refractivity contribution in [3.63, 3.8) is 0 Å². The first-order chi connectivity index (χ1) is 14.5. The molecule has 1 aliphatic carbocycles. The van der Waals surface area contributed by atoms with Crippen LogP contribution < -0.4 is 10.6 Å². The molecule has 1 aliphatic rings. The molecular formula is C21H24ClN6O2+. The van der Waals surface area contributed by atoms with E-state index in [0.29, 0.717) is 39.4 Å². The van der Waals surface area contributed by atoms with Crippen LogP contribution in [-0.2, 0) is 0 Å². The topological polar surface area (TPSA) is 131 Å². The molecule has 6 N–H and O–H groups in total. The molecule has 9 heteroatoms. The molecule has 1 fully saturated rings. The summed E-state index contributed by atoms with van der Waals surface area (Å²) < 4.78 is 0. The van der Waals surface area contributed by atoms with Gasteiger partial charge in [-0.25, -0.2) is 9.97 Å². The van der Waals surface area contributed by atoms with Crippen LogP contribution in [0.25, 0.3) is 11.2 Å². The molecule has 2 heterocycles. The maximum Gasteiger partial charge on any atom is 0.255 e. The van der Waals surface area contributed by atoms with Crippen molar-refractivity contribution in [3.8, 4) is 0 Å². The molecule has 4 rings (SSSR count). The number of benzene rings is 1. The van der Waals surface area contributed by atoms with Gasteiger partial charge in [0.25, 0.3) is 5.91 Å². The predicted molar refractivity (Wildman–Crippen MR) is 115 cm³/mol. The third-order valence-corrected chi connectivity index (χ3v) is 5.69. The number of aliphatic hydroxyl groups is 1. The van der Waals surface area contributed by atoms with E-state index in [1.54, 1.807) is 24.4 Å². The molecule has 0 saturated heterocycles. The fourth-order valence-electron chi connectivity index (χ4n) is 3.88. The van der Waals surface area contributed by atoms with E-state index in [4.69, 9.17) is 17.0 Å². The summed E-state index contributed by atoms with van der Waals surface area (Å²) in [4.78, 5) is 24.7. The monoisotopic (exact) mass is 427 g/mol. The van der Waals surface area contributed by atoms with E-state index < -0.39 is 0 Å². The molecule has 30 heavy (non-hydrogen) atoms. The largest absolute Gasteiger partial charge is 0.393 e. The number of fused-ring (bicyclic) bond motifs is 1. The van der Waals surface area contributed by atoms with E-state index in [1.807, 2.05) is 12.4 Å². The van der Waals surface area contributed by atoms with E-state index in [1.165, 1.54) is 6.20 Å². The van der Waals surface area contributed by atoms with E-state index in [-0.39, 0.29) is 23.8 Å². The van der Waals surface area contributed by atoms with Gasteiger partial charge in [-0.3, -0.25) is 10.2 Å². The molecule has 2 aromatic heterocycles. The fourth-order valence-corrected chi connectivity index (χ4v) is 4.06. The summed E-state index contributed by atoms with van der Waals surface area (Å²) >= 11 is 6.07. The number of hydrogen-bond donors (Lipinski definition) is 5. The first-order valence-electron chi connectivity index (χ1n) is 9.97. The van der Waals surface area contributed by atoms with Gasteiger partial charge in [0.05, 0.1) is 36.2 Å². The Morgan fingerprint density at radius 3 is 2.97 bits per heavy atom. The van der Waals surface area contributed by atoms with Crippen molar-refractivity contribution < 1.29 is 15.2 Å². The molecule has 1 saturated carbocycles. The number of nitrogens with zero attached hydrogens (tertiary/aromatic N) is 2. The van der Waals surface area contributed by atoms with Gasteiger partial charge in [0.15, 0.2) is 5.65 Å². The second-order valence-electron chi connectivity index (χ2n) is 7.54. The molecule has 1 amide bonds. The van der Waals surface area contributed by atoms with E-state index in [0.717, 1.165) is 24.9 Å². The summed E-state index contributed by atoms with van der Waals surface area (Å²) in [6.45, 7) is 0. The van der Waals surface area contributed by atoms with Crippen LogP contribution in [0.5, 0.6) is 0 Å². The molecule has 0 bridgehead atoms. The maximum absolute atomic E-state index is 12.8. The summed E-state index contributed by atoms with van der Waals surface area (Å²) in [5, 5.41) is 23.9. The van der Waals surface area contributed by atoms with Crippen LogP contribution in [0.4, 0.5) is 5.69 Å². The lowest BCUT2D eigenvalue weighted by molar-refractivity contribution is -0.539. The van der Waals surface area contributed by atoms with Crippen LogP contribution in [0.3, 0.4) is 0 Å². The Morgan fingerprint density at radius 1 is 1.37 bits per heavy atom. The standard InChI is InChI=1S/C21H23ClN6O2/c1-24-16-7-11(22)5-6-14(16)18(23)17-10-26-20-19(28-17)15(9-25-20)21(30)27-12-3-2-4-13(29)8-12/h5-7,9-10,12-13,23-24,29H,2-4,8H2,1H3,(H,25,26)(H,27,30)/p+1. The SMILES string of the molecule is C[NH2+]c1cc(Cl)ccc1C(=N)c1cnc2[nH]cc(C(=O)NC3CCCC(O)C3)c2n1. The minimum absolute atomic E-state index is 0.0580. The number of rotatable bonds is 5. The van der Waals surface area contributed by atoms with E-state index in [2.05, 4.69) is 20.3 Å². The van der Waals surface area contributed by atoms with Gasteiger partial charge in [0.2, 0.25) is 0 Å². The first-order valence-corrected chi connectivity index (χ1v) is 10.4. The van der Waals surface area contributed by atoms with Crippen molar-refractivity contribution in [2.24, 2.45) is 0 Å². The molecule has 156 valence electrons. The zero-order valence-corrected chi connectivity index (χ0v) is 17.3. The number of carbonyl (C=O) groups is 1. The van der Waals surface area contributed by atoms with Crippen molar-refractivity contribution in [1.82, 2.24) is 20.3 Å². The van der Waals surface area contributed by atoms with Crippen LogP contribution in [-0.4, -0.2) is 50.9 Å². The number of amides is 1. The lowest BCUT2D eigenvalue weighted by Gasteiger charge is -2.26. The molecule has 8 nitrogen and oxygen atoms in total. The van der Waals surface area contributed by atoms with Gasteiger partial charge < -0.3 is 20.7 Å². The van der Waals surface area contributed by atoms with Crippen LogP contribution in [0.1, 0.15) is 47.3 Å². The Balaban J connectivity index is 1.63. The molecule has 0 radical (unpaired) electrons. The second kappa shape index (κ2) is 8.51. The smallest absolute Gasteiger partial charge is 0.255 e. The molecule has 0 aliphatic heterocycles. The number of hydrogen-bond acceptors (Lipinski definition) is 5. The number of halogens is 1. The number of quaternary nitrogens is 1. The van der Waals surface area contributed by atoms with Gasteiger partial charge in [0, 0.05) is 23.3 Å². The predicted octanol–water partition coefficient (Wildman–Crippen LogP) is 1.89. The summed E-state index contributed by atoms with van der Waals surface area (Å²) in [7, 11) is 1.88. The third-order valence-electron chi connectivity index (χ3n) is 5.46. The number of aliphatic hydroxyl groups excluding tert-OH is 1. The minimum Gasteiger partial charge on any atom is -0.393 e. The second-order valence-corrected chi connectivity index (χ2v) is 7.98. The average molecular weight is 428 g/mol. The molecule has 2 atom stereocenters. The number of H-pyrrole nitrogens is 1. The highest BCUT2D eigenvalue weighted by Crippen LogP contribution is 2.22. The van der Waals surface area contributed by atoms with Crippen LogP contribution in [0, 0.1) is 5.41 Å². The molecule has 0 spiro atoms. The van der Waals surface area contributed by atoms with Gasteiger partial charge in [-0.1, -0.05) is 11.6 Å². The average Bonchev–Trinajstić information content (AvgIpc) is 3.16. The summed E-state index contributed by atoms with van der Waals surface area (Å²) in [6, 6.07) is 5.26. The molecular weight excluding hydrogens is 404 g/mol. The highest BCUT2D eigenvalue weighted by Gasteiger charge is 2.24. The molecule has 2 unspecified atom stereocenters. The number of carbonyl (C=O) groups excluding carboxylic acids is 1. The third kappa shape index (κ3) is 4.07. The van der Waals surface area contributed by atoms with Crippen LogP contribution in [0.15, 0.2) is 30.6 Å². The Hall–Kier alpha value is -2.81. The lowest BCUT2D eigenvalue weighted by atomic mass is 9.93. The van der Waals surface area contributed by atoms with Crippen molar-refractivity contribution in [2.45, 2.75) is 37.8 Å². The number of aromatic amines is 1. The van der Waals surface area contributed by atoms with Crippen molar-refractivity contribution in [2.75, 3.05) is 7.05 Å².